The van der Waals surface area contributed by atoms with E-state index in [0.717, 1.165) is 5.75 Å². The van der Waals surface area contributed by atoms with Crippen LogP contribution in [-0.2, 0) is 16.8 Å². The maximum atomic E-state index is 12.3. The van der Waals surface area contributed by atoms with Gasteiger partial charge in [-0.25, -0.2) is 4.98 Å². The van der Waals surface area contributed by atoms with E-state index in [-0.39, 0.29) is 23.2 Å². The molecule has 0 aliphatic rings. The zero-order valence-corrected chi connectivity index (χ0v) is 20.8. The van der Waals surface area contributed by atoms with Crippen LogP contribution in [0.5, 0.6) is 5.75 Å². The maximum Gasteiger partial charge on any atom is 0.236 e. The second kappa shape index (κ2) is 10.9. The fraction of sp³-hybridized carbons (Fsp3) is 0.333. The van der Waals surface area contributed by atoms with Crippen molar-refractivity contribution in [1.82, 2.24) is 19.7 Å². The molecule has 0 spiro atoms. The van der Waals surface area contributed by atoms with Crippen LogP contribution in [0.4, 0.5) is 5.82 Å². The van der Waals surface area contributed by atoms with Gasteiger partial charge in [0.25, 0.3) is 0 Å². The molecule has 9 heteroatoms. The minimum atomic E-state index is -0.334. The fourth-order valence-corrected chi connectivity index (χ4v) is 3.92. The van der Waals surface area contributed by atoms with Gasteiger partial charge in [-0.05, 0) is 42.2 Å². The van der Waals surface area contributed by atoms with E-state index < -0.39 is 0 Å². The van der Waals surface area contributed by atoms with Crippen molar-refractivity contribution in [3.8, 4) is 5.75 Å². The van der Waals surface area contributed by atoms with Crippen LogP contribution in [0, 0.1) is 0 Å². The molecule has 33 heavy (non-hydrogen) atoms. The van der Waals surface area contributed by atoms with E-state index in [1.165, 1.54) is 23.5 Å². The van der Waals surface area contributed by atoms with Crippen molar-refractivity contribution in [2.24, 2.45) is 0 Å². The number of rotatable bonds is 9. The Bertz CT molecular complexity index is 1090. The van der Waals surface area contributed by atoms with Gasteiger partial charge < -0.3 is 10.1 Å². The Labute approximate surface area is 203 Å². The summed E-state index contributed by atoms with van der Waals surface area (Å²) in [6, 6.07) is 11.4. The Balaban J connectivity index is 1.66. The van der Waals surface area contributed by atoms with Crippen LogP contribution in [0.3, 0.4) is 0 Å². The molecule has 0 radical (unpaired) electrons. The Morgan fingerprint density at radius 3 is 2.58 bits per heavy atom. The summed E-state index contributed by atoms with van der Waals surface area (Å²) < 4.78 is 8.02. The normalized spacial score (nSPS) is 12.3. The highest BCUT2D eigenvalue weighted by molar-refractivity contribution is 7.99. The van der Waals surface area contributed by atoms with Crippen molar-refractivity contribution >= 4 is 35.1 Å². The molecule has 2 heterocycles. The highest BCUT2D eigenvalue weighted by Crippen LogP contribution is 2.28. The summed E-state index contributed by atoms with van der Waals surface area (Å²) in [5.74, 6) is 1.82. The summed E-state index contributed by atoms with van der Waals surface area (Å²) in [7, 11) is 0. The highest BCUT2D eigenvalue weighted by Gasteiger charge is 2.20. The molecule has 3 aromatic rings. The highest BCUT2D eigenvalue weighted by atomic mass is 35.5. The first-order valence-corrected chi connectivity index (χ1v) is 11.9. The van der Waals surface area contributed by atoms with E-state index in [1.54, 1.807) is 18.2 Å². The summed E-state index contributed by atoms with van der Waals surface area (Å²) >= 11 is 7.11. The summed E-state index contributed by atoms with van der Waals surface area (Å²) in [6.07, 6.45) is 2.91. The van der Waals surface area contributed by atoms with Crippen molar-refractivity contribution in [3.05, 3.63) is 71.7 Å². The number of anilines is 1. The zero-order chi connectivity index (χ0) is 24.0. The number of nitrogens with one attached hydrogen (secondary N) is 1. The molecule has 1 atom stereocenters. The lowest BCUT2D eigenvalue weighted by Crippen LogP contribution is -2.16. The van der Waals surface area contributed by atoms with Gasteiger partial charge in [0.2, 0.25) is 5.91 Å². The molecule has 1 aromatic carbocycles. The number of halogens is 1. The van der Waals surface area contributed by atoms with E-state index in [0.29, 0.717) is 28.4 Å². The number of thioether (sulfide) groups is 1. The fourth-order valence-electron chi connectivity index (χ4n) is 3.06. The number of pyridine rings is 1. The van der Waals surface area contributed by atoms with E-state index >= 15 is 0 Å². The van der Waals surface area contributed by atoms with Gasteiger partial charge in [0.15, 0.2) is 17.1 Å². The molecule has 174 valence electrons. The van der Waals surface area contributed by atoms with Gasteiger partial charge in [-0.1, -0.05) is 62.3 Å². The third kappa shape index (κ3) is 6.82. The summed E-state index contributed by atoms with van der Waals surface area (Å²) in [5, 5.41) is 12.4. The predicted molar refractivity (Wildman–Crippen MR) is 133 cm³/mol. The number of aromatic nitrogens is 4. The average molecular weight is 486 g/mol. The molecule has 2 aromatic heterocycles. The van der Waals surface area contributed by atoms with Crippen molar-refractivity contribution in [1.29, 1.82) is 0 Å². The van der Waals surface area contributed by atoms with Crippen molar-refractivity contribution in [3.63, 3.8) is 0 Å². The average Bonchev–Trinajstić information content (AvgIpc) is 3.17. The predicted octanol–water partition coefficient (Wildman–Crippen LogP) is 5.68. The number of benzene rings is 1. The molecule has 0 saturated heterocycles. The largest absolute Gasteiger partial charge is 0.483 e. The molecule has 1 N–H and O–H groups in total. The second-order valence-electron chi connectivity index (χ2n) is 8.47. The van der Waals surface area contributed by atoms with Gasteiger partial charge in [-0.15, -0.1) is 16.8 Å². The van der Waals surface area contributed by atoms with Gasteiger partial charge in [-0.2, -0.15) is 0 Å². The number of ether oxygens (including phenoxy) is 1. The lowest BCUT2D eigenvalue weighted by molar-refractivity contribution is -0.113. The summed E-state index contributed by atoms with van der Waals surface area (Å²) in [6.45, 7) is 12.8. The van der Waals surface area contributed by atoms with Gasteiger partial charge in [0.1, 0.15) is 11.6 Å². The SMILES string of the molecule is C=CCn1c(SCC(=O)Nc2ccc(Cl)cn2)nnc1C(C)Oc1ccc(C(C)(C)C)cc1. The first kappa shape index (κ1) is 24.8. The minimum Gasteiger partial charge on any atom is -0.483 e. The van der Waals surface area contributed by atoms with Crippen LogP contribution in [0.25, 0.3) is 0 Å². The van der Waals surface area contributed by atoms with Gasteiger partial charge in [0.05, 0.1) is 10.8 Å². The monoisotopic (exact) mass is 485 g/mol. The molecule has 0 aliphatic carbocycles. The lowest BCUT2D eigenvalue weighted by Gasteiger charge is -2.20. The van der Waals surface area contributed by atoms with Crippen LogP contribution in [-0.4, -0.2) is 31.4 Å². The number of allylic oxidation sites excluding steroid dienone is 1. The van der Waals surface area contributed by atoms with E-state index in [2.05, 4.69) is 60.0 Å². The van der Waals surface area contributed by atoms with Gasteiger partial charge in [0, 0.05) is 12.7 Å². The number of carbonyl (C=O) groups is 1. The van der Waals surface area contributed by atoms with Crippen LogP contribution in [0.15, 0.2) is 60.4 Å². The number of amides is 1. The molecule has 0 fully saturated rings. The van der Waals surface area contributed by atoms with Gasteiger partial charge >= 0.3 is 0 Å². The molecule has 7 nitrogen and oxygen atoms in total. The van der Waals surface area contributed by atoms with Crippen LogP contribution in [0.2, 0.25) is 5.02 Å². The third-order valence-electron chi connectivity index (χ3n) is 4.78. The molecule has 1 unspecified atom stereocenters. The van der Waals surface area contributed by atoms with Crippen molar-refractivity contribution in [2.45, 2.75) is 50.9 Å². The Kier molecular flexibility index (Phi) is 8.15. The number of hydrogen-bond donors (Lipinski definition) is 1. The maximum absolute atomic E-state index is 12.3. The third-order valence-corrected chi connectivity index (χ3v) is 5.97. The quantitative estimate of drug-likeness (QED) is 0.310. The zero-order valence-electron chi connectivity index (χ0n) is 19.2. The molecule has 0 bridgehead atoms. The Morgan fingerprint density at radius 2 is 1.97 bits per heavy atom. The topological polar surface area (TPSA) is 81.9 Å². The number of carbonyl (C=O) groups excluding carboxylic acids is 1. The summed E-state index contributed by atoms with van der Waals surface area (Å²) in [4.78, 5) is 16.4. The van der Waals surface area contributed by atoms with Crippen molar-refractivity contribution < 1.29 is 9.53 Å². The molecule has 3 rings (SSSR count). The van der Waals surface area contributed by atoms with Crippen molar-refractivity contribution in [2.75, 3.05) is 11.1 Å². The first-order valence-electron chi connectivity index (χ1n) is 10.5. The van der Waals surface area contributed by atoms with E-state index in [1.807, 2.05) is 23.6 Å². The smallest absolute Gasteiger partial charge is 0.236 e. The Hall–Kier alpha value is -2.84. The van der Waals surface area contributed by atoms with Gasteiger partial charge in [-0.3, -0.25) is 9.36 Å². The van der Waals surface area contributed by atoms with E-state index in [4.69, 9.17) is 16.3 Å². The molecular weight excluding hydrogens is 458 g/mol. The standard InChI is InChI=1S/C24H28ClN5O2S/c1-6-13-30-22(16(2)32-19-10-7-17(8-11-19)24(3,4)5)28-29-23(30)33-15-21(31)27-20-12-9-18(25)14-26-20/h6-12,14,16H,1,13,15H2,2-5H3,(H,26,27,31). The van der Waals surface area contributed by atoms with E-state index in [9.17, 15) is 4.79 Å². The second-order valence-corrected chi connectivity index (χ2v) is 9.85. The molecular formula is C24H28ClN5O2S. The Morgan fingerprint density at radius 1 is 1.24 bits per heavy atom. The van der Waals surface area contributed by atoms with Crippen LogP contribution >= 0.6 is 23.4 Å². The molecule has 0 saturated carbocycles. The van der Waals surface area contributed by atoms with Crippen LogP contribution in [0.1, 0.15) is 45.2 Å². The summed E-state index contributed by atoms with van der Waals surface area (Å²) in [5.41, 5.74) is 1.32. The minimum absolute atomic E-state index is 0.0797. The first-order chi connectivity index (χ1) is 15.7. The molecule has 1 amide bonds. The van der Waals surface area contributed by atoms with Crippen LogP contribution < -0.4 is 10.1 Å². The lowest BCUT2D eigenvalue weighted by atomic mass is 9.87. The number of hydrogen-bond acceptors (Lipinski definition) is 6. The molecule has 0 aliphatic heterocycles. The number of nitrogens with zero attached hydrogens (tertiary/aromatic N) is 4.